The monoisotopic (exact) mass is 382 g/mol. The predicted molar refractivity (Wildman–Crippen MR) is 121 cm³/mol. The maximum Gasteiger partial charge on any atom is 0.356 e. The summed E-state index contributed by atoms with van der Waals surface area (Å²) in [7, 11) is 3.54. The zero-order valence-electron chi connectivity index (χ0n) is 16.6. The van der Waals surface area contributed by atoms with Gasteiger partial charge in [-0.15, -0.1) is 0 Å². The van der Waals surface area contributed by atoms with Crippen LogP contribution < -0.4 is 16.4 Å². The van der Waals surface area contributed by atoms with Crippen molar-refractivity contribution < 1.29 is 9.90 Å². The third-order valence-corrected chi connectivity index (χ3v) is 4.52. The molecule has 0 bridgehead atoms. The highest BCUT2D eigenvalue weighted by Crippen LogP contribution is 2.03. The van der Waals surface area contributed by atoms with Crippen LogP contribution in [0.2, 0.25) is 0 Å². The van der Waals surface area contributed by atoms with Gasteiger partial charge in [-0.3, -0.25) is 0 Å². The number of rotatable bonds is 7. The van der Waals surface area contributed by atoms with Crippen molar-refractivity contribution in [2.45, 2.75) is 0 Å². The Balaban J connectivity index is 2.10. The Morgan fingerprint density at radius 3 is 1.90 bits per heavy atom. The van der Waals surface area contributed by atoms with Crippen LogP contribution in [-0.4, -0.2) is 43.0 Å². The smallest absolute Gasteiger partial charge is 0.356 e. The molecule has 0 aromatic heterocycles. The summed E-state index contributed by atoms with van der Waals surface area (Å²) in [6.07, 6.45) is 3.13. The predicted octanol–water partition coefficient (Wildman–Crippen LogP) is 2.11. The number of hydrogen-bond donors (Lipinski definition) is 1. The Morgan fingerprint density at radius 1 is 0.862 bits per heavy atom. The molecule has 0 spiro atoms. The SMILES string of the molecule is CN(C)C=C(N=Cc1ccccc1B(c1ccccc1)c1ccccc1)C(=O)O. The van der Waals surface area contributed by atoms with Crippen LogP contribution in [0.15, 0.2) is 102 Å². The summed E-state index contributed by atoms with van der Waals surface area (Å²) in [4.78, 5) is 17.4. The summed E-state index contributed by atoms with van der Waals surface area (Å²) in [5, 5.41) is 9.43. The van der Waals surface area contributed by atoms with Crippen molar-refractivity contribution in [3.8, 4) is 0 Å². The van der Waals surface area contributed by atoms with Crippen molar-refractivity contribution in [3.63, 3.8) is 0 Å². The second kappa shape index (κ2) is 9.56. The van der Waals surface area contributed by atoms with Gasteiger partial charge >= 0.3 is 5.97 Å². The molecule has 29 heavy (non-hydrogen) atoms. The van der Waals surface area contributed by atoms with Gasteiger partial charge in [-0.25, -0.2) is 9.79 Å². The van der Waals surface area contributed by atoms with E-state index in [0.29, 0.717) is 0 Å². The molecule has 0 saturated heterocycles. The van der Waals surface area contributed by atoms with Crippen LogP contribution in [0.5, 0.6) is 0 Å². The number of carboxylic acids is 1. The number of hydrogen-bond acceptors (Lipinski definition) is 3. The van der Waals surface area contributed by atoms with Crippen LogP contribution in [0.1, 0.15) is 5.56 Å². The molecule has 0 saturated carbocycles. The van der Waals surface area contributed by atoms with Gasteiger partial charge in [-0.1, -0.05) is 101 Å². The fourth-order valence-electron chi connectivity index (χ4n) is 3.26. The largest absolute Gasteiger partial charge is 0.476 e. The summed E-state index contributed by atoms with van der Waals surface area (Å²) in [5.74, 6) is -1.06. The average molecular weight is 382 g/mol. The number of carbonyl (C=O) groups is 1. The molecule has 3 rings (SSSR count). The molecule has 3 aromatic rings. The van der Waals surface area contributed by atoms with E-state index in [9.17, 15) is 9.90 Å². The first kappa shape index (κ1) is 20.1. The second-order valence-corrected chi connectivity index (χ2v) is 6.92. The lowest BCUT2D eigenvalue weighted by Crippen LogP contribution is -2.53. The van der Waals surface area contributed by atoms with E-state index in [2.05, 4.69) is 35.3 Å². The highest BCUT2D eigenvalue weighted by Gasteiger charge is 2.23. The van der Waals surface area contributed by atoms with Crippen molar-refractivity contribution >= 4 is 35.3 Å². The van der Waals surface area contributed by atoms with Crippen molar-refractivity contribution in [1.82, 2.24) is 4.90 Å². The molecule has 0 radical (unpaired) electrons. The molecule has 0 unspecified atom stereocenters. The van der Waals surface area contributed by atoms with Gasteiger partial charge in [0, 0.05) is 26.5 Å². The van der Waals surface area contributed by atoms with Gasteiger partial charge in [0.05, 0.1) is 0 Å². The van der Waals surface area contributed by atoms with E-state index in [1.807, 2.05) is 54.6 Å². The molecular formula is C24H23BN2O2. The number of aliphatic imine (C=N–C) groups is 1. The van der Waals surface area contributed by atoms with Gasteiger partial charge in [-0.2, -0.15) is 0 Å². The molecule has 4 nitrogen and oxygen atoms in total. The first-order valence-corrected chi connectivity index (χ1v) is 9.40. The van der Waals surface area contributed by atoms with E-state index >= 15 is 0 Å². The minimum Gasteiger partial charge on any atom is -0.476 e. The quantitative estimate of drug-likeness (QED) is 0.387. The molecule has 0 aliphatic carbocycles. The zero-order chi connectivity index (χ0) is 20.6. The van der Waals surface area contributed by atoms with Crippen LogP contribution in [0, 0.1) is 0 Å². The minimum absolute atomic E-state index is 0.0132. The molecule has 1 N–H and O–H groups in total. The third kappa shape index (κ3) is 5.23. The highest BCUT2D eigenvalue weighted by molar-refractivity contribution is 6.96. The standard InChI is InChI=1S/C24H23BN2O2/c1-27(2)18-23(24(28)29)26-17-19-11-9-10-16-22(19)25(20-12-5-3-6-13-20)21-14-7-4-8-15-21/h3-18H,1-2H3,(H,28,29). The maximum absolute atomic E-state index is 11.5. The number of nitrogens with zero attached hydrogens (tertiary/aromatic N) is 2. The van der Waals surface area contributed by atoms with E-state index in [-0.39, 0.29) is 12.4 Å². The number of aliphatic carboxylic acids is 1. The highest BCUT2D eigenvalue weighted by atomic mass is 16.4. The third-order valence-electron chi connectivity index (χ3n) is 4.52. The lowest BCUT2D eigenvalue weighted by molar-refractivity contribution is -0.132. The van der Waals surface area contributed by atoms with Gasteiger partial charge in [0.15, 0.2) is 5.70 Å². The topological polar surface area (TPSA) is 52.9 Å². The first-order valence-electron chi connectivity index (χ1n) is 9.40. The van der Waals surface area contributed by atoms with E-state index in [1.165, 1.54) is 17.1 Å². The summed E-state index contributed by atoms with van der Waals surface area (Å²) in [6.45, 7) is 0.0196. The lowest BCUT2D eigenvalue weighted by atomic mass is 9.36. The van der Waals surface area contributed by atoms with Crippen molar-refractivity contribution in [2.75, 3.05) is 14.1 Å². The van der Waals surface area contributed by atoms with Crippen molar-refractivity contribution in [3.05, 3.63) is 102 Å². The Hall–Kier alpha value is -3.60. The Labute approximate surface area is 171 Å². The molecule has 0 aliphatic heterocycles. The van der Waals surface area contributed by atoms with Gasteiger partial charge in [-0.05, 0) is 5.56 Å². The van der Waals surface area contributed by atoms with Crippen molar-refractivity contribution in [1.29, 1.82) is 0 Å². The summed E-state index contributed by atoms with van der Waals surface area (Å²) in [6, 6.07) is 28.6. The first-order chi connectivity index (χ1) is 14.1. The zero-order valence-corrected chi connectivity index (χ0v) is 16.6. The van der Waals surface area contributed by atoms with Crippen LogP contribution in [0.25, 0.3) is 0 Å². The molecular weight excluding hydrogens is 359 g/mol. The van der Waals surface area contributed by atoms with Crippen molar-refractivity contribution in [2.24, 2.45) is 4.99 Å². The molecule has 5 heteroatoms. The lowest BCUT2D eigenvalue weighted by Gasteiger charge is -2.17. The fraction of sp³-hybridized carbons (Fsp3) is 0.0833. The van der Waals surface area contributed by atoms with E-state index in [1.54, 1.807) is 25.2 Å². The molecule has 0 atom stereocenters. The Bertz CT molecular complexity index is 976. The van der Waals surface area contributed by atoms with Gasteiger partial charge in [0.1, 0.15) is 0 Å². The van der Waals surface area contributed by atoms with Gasteiger partial charge in [0.2, 0.25) is 6.71 Å². The van der Waals surface area contributed by atoms with Crippen LogP contribution in [0.3, 0.4) is 0 Å². The van der Waals surface area contributed by atoms with Crippen LogP contribution >= 0.6 is 0 Å². The van der Waals surface area contributed by atoms with Gasteiger partial charge in [0.25, 0.3) is 0 Å². The molecule has 0 amide bonds. The molecule has 3 aromatic carbocycles. The number of carboxylic acid groups (broad SMARTS) is 1. The van der Waals surface area contributed by atoms with Crippen LogP contribution in [0.4, 0.5) is 0 Å². The minimum atomic E-state index is -1.06. The second-order valence-electron chi connectivity index (χ2n) is 6.92. The maximum atomic E-state index is 11.5. The number of benzene rings is 3. The average Bonchev–Trinajstić information content (AvgIpc) is 2.73. The van der Waals surface area contributed by atoms with Gasteiger partial charge < -0.3 is 10.0 Å². The molecule has 0 heterocycles. The molecule has 0 fully saturated rings. The van der Waals surface area contributed by atoms with E-state index in [0.717, 1.165) is 11.0 Å². The Morgan fingerprint density at radius 2 is 1.38 bits per heavy atom. The van der Waals surface area contributed by atoms with E-state index in [4.69, 9.17) is 0 Å². The van der Waals surface area contributed by atoms with E-state index < -0.39 is 5.97 Å². The Kier molecular flexibility index (Phi) is 6.64. The van der Waals surface area contributed by atoms with Crippen LogP contribution in [-0.2, 0) is 4.79 Å². The molecule has 0 aliphatic rings. The molecule has 144 valence electrons. The summed E-state index contributed by atoms with van der Waals surface area (Å²) in [5.41, 5.74) is 4.28. The fourth-order valence-corrected chi connectivity index (χ4v) is 3.26. The summed E-state index contributed by atoms with van der Waals surface area (Å²) >= 11 is 0. The normalized spacial score (nSPS) is 11.4. The summed E-state index contributed by atoms with van der Waals surface area (Å²) < 4.78 is 0.